The second-order valence-corrected chi connectivity index (χ2v) is 5.71. The molecule has 3 atom stereocenters. The molecule has 1 saturated heterocycles. The number of hydrogen-bond acceptors (Lipinski definition) is 4. The van der Waals surface area contributed by atoms with Gasteiger partial charge in [-0.2, -0.15) is 0 Å². The third-order valence-corrected chi connectivity index (χ3v) is 3.67. The van der Waals surface area contributed by atoms with Crippen LogP contribution in [-0.4, -0.2) is 50.2 Å². The van der Waals surface area contributed by atoms with Crippen molar-refractivity contribution >= 4 is 5.97 Å². The number of carbonyl (C=O) groups excluding carboxylic acids is 1. The number of esters is 1. The van der Waals surface area contributed by atoms with Crippen LogP contribution in [0.5, 0.6) is 0 Å². The third-order valence-electron chi connectivity index (χ3n) is 3.67. The first-order valence-corrected chi connectivity index (χ1v) is 6.41. The lowest BCUT2D eigenvalue weighted by molar-refractivity contribution is -0.148. The maximum Gasteiger partial charge on any atom is 0.327 e. The molecule has 1 heterocycles. The highest BCUT2D eigenvalue weighted by Gasteiger charge is 2.36. The Kier molecular flexibility index (Phi) is 4.95. The monoisotopic (exact) mass is 242 g/mol. The smallest absolute Gasteiger partial charge is 0.327 e. The van der Waals surface area contributed by atoms with Gasteiger partial charge in [0.2, 0.25) is 0 Å². The molecule has 0 saturated carbocycles. The fourth-order valence-corrected chi connectivity index (χ4v) is 2.84. The Hall–Kier alpha value is -0.610. The Morgan fingerprint density at radius 1 is 1.41 bits per heavy atom. The standard InChI is InChI=1S/C13H26N2O2/c1-10-6-11(2)8-15(7-10)9-13(3,14-4)12(16)17-5/h10-11,14H,6-9H2,1-5H3. The van der Waals surface area contributed by atoms with E-state index in [-0.39, 0.29) is 5.97 Å². The summed E-state index contributed by atoms with van der Waals surface area (Å²) in [5.41, 5.74) is -0.606. The molecule has 0 aromatic rings. The Bertz CT molecular complexity index is 260. The van der Waals surface area contributed by atoms with Crippen LogP contribution in [0, 0.1) is 11.8 Å². The predicted molar refractivity (Wildman–Crippen MR) is 68.9 cm³/mol. The van der Waals surface area contributed by atoms with Gasteiger partial charge >= 0.3 is 5.97 Å². The third kappa shape index (κ3) is 3.68. The van der Waals surface area contributed by atoms with Gasteiger partial charge < -0.3 is 15.0 Å². The number of ether oxygens (including phenoxy) is 1. The van der Waals surface area contributed by atoms with E-state index in [2.05, 4.69) is 24.1 Å². The van der Waals surface area contributed by atoms with Crippen molar-refractivity contribution in [3.05, 3.63) is 0 Å². The first-order chi connectivity index (χ1) is 7.91. The molecule has 0 spiro atoms. The average molecular weight is 242 g/mol. The largest absolute Gasteiger partial charge is 0.468 e. The minimum absolute atomic E-state index is 0.189. The van der Waals surface area contributed by atoms with Gasteiger partial charge in [-0.05, 0) is 32.2 Å². The molecule has 0 aromatic heterocycles. The average Bonchev–Trinajstić information content (AvgIpc) is 2.26. The highest BCUT2D eigenvalue weighted by molar-refractivity contribution is 5.80. The fraction of sp³-hybridized carbons (Fsp3) is 0.923. The van der Waals surface area contributed by atoms with Crippen molar-refractivity contribution < 1.29 is 9.53 Å². The summed E-state index contributed by atoms with van der Waals surface area (Å²) >= 11 is 0. The van der Waals surface area contributed by atoms with Gasteiger partial charge in [0.1, 0.15) is 5.54 Å². The molecule has 4 nitrogen and oxygen atoms in total. The Morgan fingerprint density at radius 2 is 1.94 bits per heavy atom. The highest BCUT2D eigenvalue weighted by Crippen LogP contribution is 2.22. The number of piperidine rings is 1. The molecule has 0 bridgehead atoms. The maximum absolute atomic E-state index is 11.8. The molecule has 4 heteroatoms. The summed E-state index contributed by atoms with van der Waals surface area (Å²) in [6, 6.07) is 0. The quantitative estimate of drug-likeness (QED) is 0.750. The van der Waals surface area contributed by atoms with Crippen molar-refractivity contribution in [2.45, 2.75) is 32.7 Å². The molecule has 1 aliphatic heterocycles. The van der Waals surface area contributed by atoms with Gasteiger partial charge in [-0.15, -0.1) is 0 Å². The van der Waals surface area contributed by atoms with Gasteiger partial charge in [0.05, 0.1) is 7.11 Å². The topological polar surface area (TPSA) is 41.6 Å². The molecule has 1 fully saturated rings. The number of hydrogen-bond donors (Lipinski definition) is 1. The van der Waals surface area contributed by atoms with Crippen LogP contribution in [0.15, 0.2) is 0 Å². The van der Waals surface area contributed by atoms with E-state index in [0.29, 0.717) is 18.4 Å². The van der Waals surface area contributed by atoms with Crippen LogP contribution < -0.4 is 5.32 Å². The zero-order valence-corrected chi connectivity index (χ0v) is 11.7. The zero-order chi connectivity index (χ0) is 13.1. The minimum atomic E-state index is -0.606. The van der Waals surface area contributed by atoms with Crippen LogP contribution in [0.2, 0.25) is 0 Å². The van der Waals surface area contributed by atoms with Crippen LogP contribution in [0.1, 0.15) is 27.2 Å². The second-order valence-electron chi connectivity index (χ2n) is 5.71. The van der Waals surface area contributed by atoms with Gasteiger partial charge in [-0.25, -0.2) is 0 Å². The van der Waals surface area contributed by atoms with E-state index in [1.165, 1.54) is 13.5 Å². The van der Waals surface area contributed by atoms with Crippen molar-refractivity contribution in [2.24, 2.45) is 11.8 Å². The van der Waals surface area contributed by atoms with Crippen molar-refractivity contribution in [3.63, 3.8) is 0 Å². The molecule has 0 aliphatic carbocycles. The van der Waals surface area contributed by atoms with Crippen molar-refractivity contribution in [2.75, 3.05) is 33.8 Å². The van der Waals surface area contributed by atoms with Crippen LogP contribution in [0.4, 0.5) is 0 Å². The Morgan fingerprint density at radius 3 is 2.35 bits per heavy atom. The molecule has 17 heavy (non-hydrogen) atoms. The summed E-state index contributed by atoms with van der Waals surface area (Å²) in [7, 11) is 3.26. The highest BCUT2D eigenvalue weighted by atomic mass is 16.5. The van der Waals surface area contributed by atoms with Gasteiger partial charge in [-0.3, -0.25) is 4.79 Å². The molecule has 100 valence electrons. The predicted octanol–water partition coefficient (Wildman–Crippen LogP) is 1.12. The van der Waals surface area contributed by atoms with Gasteiger partial charge in [0.25, 0.3) is 0 Å². The van der Waals surface area contributed by atoms with Crippen LogP contribution in [0.3, 0.4) is 0 Å². The molecular formula is C13H26N2O2. The SMILES string of the molecule is CNC(C)(CN1CC(C)CC(C)C1)C(=O)OC. The van der Waals surface area contributed by atoms with Crippen LogP contribution >= 0.6 is 0 Å². The van der Waals surface area contributed by atoms with Crippen LogP contribution in [-0.2, 0) is 9.53 Å². The van der Waals surface area contributed by atoms with Crippen molar-refractivity contribution in [1.29, 1.82) is 0 Å². The number of likely N-dealkylation sites (N-methyl/N-ethyl adjacent to an activating group) is 1. The Labute approximate surface area is 105 Å². The Balaban J connectivity index is 2.64. The van der Waals surface area contributed by atoms with E-state index < -0.39 is 5.54 Å². The lowest BCUT2D eigenvalue weighted by atomic mass is 9.90. The number of methoxy groups -OCH3 is 1. The van der Waals surface area contributed by atoms with E-state index in [1.807, 2.05) is 14.0 Å². The van der Waals surface area contributed by atoms with Crippen LogP contribution in [0.25, 0.3) is 0 Å². The first kappa shape index (κ1) is 14.5. The summed E-state index contributed by atoms with van der Waals surface area (Å²) < 4.78 is 4.87. The summed E-state index contributed by atoms with van der Waals surface area (Å²) in [5, 5.41) is 3.09. The minimum Gasteiger partial charge on any atom is -0.468 e. The number of nitrogens with one attached hydrogen (secondary N) is 1. The summed E-state index contributed by atoms with van der Waals surface area (Å²) in [4.78, 5) is 14.2. The molecule has 0 aromatic carbocycles. The molecule has 0 amide bonds. The maximum atomic E-state index is 11.8. The van der Waals surface area contributed by atoms with E-state index in [4.69, 9.17) is 4.74 Å². The van der Waals surface area contributed by atoms with E-state index >= 15 is 0 Å². The van der Waals surface area contributed by atoms with E-state index in [9.17, 15) is 4.79 Å². The number of nitrogens with zero attached hydrogens (tertiary/aromatic N) is 1. The van der Waals surface area contributed by atoms with Gasteiger partial charge in [0.15, 0.2) is 0 Å². The summed E-state index contributed by atoms with van der Waals surface area (Å²) in [6.07, 6.45) is 1.28. The number of likely N-dealkylation sites (tertiary alicyclic amines) is 1. The molecule has 1 aliphatic rings. The lowest BCUT2D eigenvalue weighted by Gasteiger charge is -2.39. The van der Waals surface area contributed by atoms with E-state index in [1.54, 1.807) is 0 Å². The molecule has 1 rings (SSSR count). The first-order valence-electron chi connectivity index (χ1n) is 6.41. The lowest BCUT2D eigenvalue weighted by Crippen LogP contribution is -2.58. The molecule has 0 radical (unpaired) electrons. The van der Waals surface area contributed by atoms with Crippen molar-refractivity contribution in [1.82, 2.24) is 10.2 Å². The zero-order valence-electron chi connectivity index (χ0n) is 11.7. The van der Waals surface area contributed by atoms with Gasteiger partial charge in [-0.1, -0.05) is 13.8 Å². The summed E-state index contributed by atoms with van der Waals surface area (Å²) in [6.45, 7) is 9.31. The molecule has 1 N–H and O–H groups in total. The van der Waals surface area contributed by atoms with Gasteiger partial charge in [0, 0.05) is 19.6 Å². The second kappa shape index (κ2) is 5.83. The normalized spacial score (nSPS) is 29.7. The number of carbonyl (C=O) groups is 1. The summed E-state index contributed by atoms with van der Waals surface area (Å²) in [5.74, 6) is 1.22. The fourth-order valence-electron chi connectivity index (χ4n) is 2.84. The number of rotatable bonds is 4. The molecule has 3 unspecified atom stereocenters. The molecular weight excluding hydrogens is 216 g/mol. The van der Waals surface area contributed by atoms with Crippen molar-refractivity contribution in [3.8, 4) is 0 Å². The van der Waals surface area contributed by atoms with E-state index in [0.717, 1.165) is 13.1 Å².